The zero-order valence-corrected chi connectivity index (χ0v) is 12.0. The van der Waals surface area contributed by atoms with Gasteiger partial charge in [0.1, 0.15) is 11.5 Å². The molecule has 2 aromatic heterocycles. The Morgan fingerprint density at radius 1 is 1.29 bits per heavy atom. The number of aryl methyl sites for hydroxylation is 3. The van der Waals surface area contributed by atoms with Crippen molar-refractivity contribution in [2.45, 2.75) is 13.8 Å². The van der Waals surface area contributed by atoms with Crippen LogP contribution in [0.2, 0.25) is 0 Å². The first kappa shape index (κ1) is 13.2. The predicted octanol–water partition coefficient (Wildman–Crippen LogP) is 2.33. The number of amides is 1. The molecule has 0 bridgehead atoms. The smallest absolute Gasteiger partial charge is 0.272 e. The molecule has 2 N–H and O–H groups in total. The van der Waals surface area contributed by atoms with Crippen LogP contribution in [0.5, 0.6) is 0 Å². The largest absolute Gasteiger partial charge is 0.466 e. The molecular weight excluding hydrogens is 270 g/mol. The zero-order valence-electron chi connectivity index (χ0n) is 12.0. The number of benzene rings is 1. The Balaban J connectivity index is 1.95. The van der Waals surface area contributed by atoms with E-state index in [9.17, 15) is 9.59 Å². The Bertz CT molecular complexity index is 899. The lowest BCUT2D eigenvalue weighted by atomic mass is 10.2. The van der Waals surface area contributed by atoms with E-state index < -0.39 is 0 Å². The van der Waals surface area contributed by atoms with Crippen LogP contribution in [0.3, 0.4) is 0 Å². The number of fused-ring (bicyclic) bond motifs is 1. The monoisotopic (exact) mass is 285 g/mol. The van der Waals surface area contributed by atoms with E-state index in [1.54, 1.807) is 49.8 Å². The molecule has 0 atom stereocenters. The summed E-state index contributed by atoms with van der Waals surface area (Å²) in [6.45, 7) is 3.53. The van der Waals surface area contributed by atoms with E-state index in [0.717, 1.165) is 5.52 Å². The zero-order chi connectivity index (χ0) is 15.1. The fourth-order valence-electron chi connectivity index (χ4n) is 2.42. The van der Waals surface area contributed by atoms with Gasteiger partial charge in [-0.2, -0.15) is 0 Å². The molecule has 3 aromatic rings. The van der Waals surface area contributed by atoms with Gasteiger partial charge in [-0.25, -0.2) is 0 Å². The van der Waals surface area contributed by atoms with Gasteiger partial charge in [-0.05, 0) is 38.1 Å². The van der Waals surface area contributed by atoms with Crippen LogP contribution in [-0.4, -0.2) is 15.7 Å². The minimum Gasteiger partial charge on any atom is -0.466 e. The van der Waals surface area contributed by atoms with Crippen molar-refractivity contribution in [3.05, 3.63) is 51.7 Å². The lowest BCUT2D eigenvalue weighted by Crippen LogP contribution is -2.12. The summed E-state index contributed by atoms with van der Waals surface area (Å²) in [4.78, 5) is 24.0. The highest BCUT2D eigenvalue weighted by Gasteiger charge is 2.14. The van der Waals surface area contributed by atoms with Gasteiger partial charge in [0.15, 0.2) is 0 Å². The second-order valence-electron chi connectivity index (χ2n) is 5.01. The van der Waals surface area contributed by atoms with Crippen LogP contribution in [0.1, 0.15) is 21.9 Å². The number of H-pyrrole nitrogens is 1. The van der Waals surface area contributed by atoms with E-state index in [4.69, 9.17) is 4.42 Å². The number of nitrogens with zero attached hydrogens (tertiary/aromatic N) is 1. The lowest BCUT2D eigenvalue weighted by molar-refractivity contribution is 0.102. The summed E-state index contributed by atoms with van der Waals surface area (Å²) in [7, 11) is 1.76. The van der Waals surface area contributed by atoms with Crippen LogP contribution in [0.15, 0.2) is 33.5 Å². The SMILES string of the molecule is Cc1cc(C(=O)Nc2ccc3c(c2)c(=O)[nH]n3C)c(C)o1. The van der Waals surface area contributed by atoms with Gasteiger partial charge in [-0.1, -0.05) is 0 Å². The number of carbonyl (C=O) groups is 1. The minimum atomic E-state index is -0.254. The number of aromatic amines is 1. The predicted molar refractivity (Wildman–Crippen MR) is 79.7 cm³/mol. The molecule has 21 heavy (non-hydrogen) atoms. The van der Waals surface area contributed by atoms with Crippen LogP contribution in [0.4, 0.5) is 5.69 Å². The van der Waals surface area contributed by atoms with Crippen molar-refractivity contribution in [1.29, 1.82) is 0 Å². The van der Waals surface area contributed by atoms with Gasteiger partial charge >= 0.3 is 0 Å². The summed E-state index contributed by atoms with van der Waals surface area (Å²) in [6, 6.07) is 6.90. The highest BCUT2D eigenvalue weighted by molar-refractivity contribution is 6.05. The molecule has 0 aliphatic carbocycles. The molecule has 0 saturated heterocycles. The molecule has 2 heterocycles. The Morgan fingerprint density at radius 3 is 2.71 bits per heavy atom. The van der Waals surface area contributed by atoms with Crippen LogP contribution < -0.4 is 10.9 Å². The first-order valence-corrected chi connectivity index (χ1v) is 6.53. The maximum atomic E-state index is 12.2. The Labute approximate surface area is 120 Å². The molecule has 1 amide bonds. The summed E-state index contributed by atoms with van der Waals surface area (Å²) in [5.41, 5.74) is 1.67. The number of anilines is 1. The van der Waals surface area contributed by atoms with Gasteiger partial charge in [0.2, 0.25) is 0 Å². The minimum absolute atomic E-state index is 0.182. The quantitative estimate of drug-likeness (QED) is 0.758. The molecular formula is C15H15N3O3. The molecule has 108 valence electrons. The highest BCUT2D eigenvalue weighted by Crippen LogP contribution is 2.19. The maximum absolute atomic E-state index is 12.2. The molecule has 0 aliphatic rings. The van der Waals surface area contributed by atoms with Gasteiger partial charge < -0.3 is 9.73 Å². The molecule has 0 radical (unpaired) electrons. The fourth-order valence-corrected chi connectivity index (χ4v) is 2.42. The molecule has 1 aromatic carbocycles. The van der Waals surface area contributed by atoms with Crippen molar-refractivity contribution >= 4 is 22.5 Å². The van der Waals surface area contributed by atoms with Crippen molar-refractivity contribution in [3.63, 3.8) is 0 Å². The van der Waals surface area contributed by atoms with E-state index >= 15 is 0 Å². The molecule has 0 fully saturated rings. The second kappa shape index (κ2) is 4.66. The second-order valence-corrected chi connectivity index (χ2v) is 5.01. The number of nitrogens with one attached hydrogen (secondary N) is 2. The van der Waals surface area contributed by atoms with E-state index in [1.807, 2.05) is 0 Å². The topological polar surface area (TPSA) is 80.0 Å². The van der Waals surface area contributed by atoms with E-state index in [-0.39, 0.29) is 11.5 Å². The average Bonchev–Trinajstić information content (AvgIpc) is 2.90. The van der Waals surface area contributed by atoms with Crippen LogP contribution in [-0.2, 0) is 7.05 Å². The number of aromatic nitrogens is 2. The van der Waals surface area contributed by atoms with Crippen LogP contribution in [0.25, 0.3) is 10.9 Å². The fraction of sp³-hybridized carbons (Fsp3) is 0.200. The third-order valence-electron chi connectivity index (χ3n) is 3.42. The molecule has 6 heteroatoms. The molecule has 0 unspecified atom stereocenters. The lowest BCUT2D eigenvalue weighted by Gasteiger charge is -2.04. The number of rotatable bonds is 2. The Kier molecular flexibility index (Phi) is 2.94. The average molecular weight is 285 g/mol. The molecule has 0 aliphatic heterocycles. The summed E-state index contributed by atoms with van der Waals surface area (Å²) in [6.07, 6.45) is 0. The number of hydrogen-bond acceptors (Lipinski definition) is 3. The van der Waals surface area contributed by atoms with Gasteiger partial charge in [0.25, 0.3) is 11.5 Å². The molecule has 0 saturated carbocycles. The van der Waals surface area contributed by atoms with Crippen molar-refractivity contribution in [2.75, 3.05) is 5.32 Å². The summed E-state index contributed by atoms with van der Waals surface area (Å²) in [5, 5.41) is 5.99. The van der Waals surface area contributed by atoms with E-state index in [0.29, 0.717) is 28.2 Å². The first-order valence-electron chi connectivity index (χ1n) is 6.53. The maximum Gasteiger partial charge on any atom is 0.272 e. The summed E-state index contributed by atoms with van der Waals surface area (Å²) in [5.74, 6) is 1.01. The van der Waals surface area contributed by atoms with Gasteiger partial charge in [0.05, 0.1) is 16.5 Å². The van der Waals surface area contributed by atoms with Crippen molar-refractivity contribution in [3.8, 4) is 0 Å². The summed E-state index contributed by atoms with van der Waals surface area (Å²) >= 11 is 0. The van der Waals surface area contributed by atoms with E-state index in [1.165, 1.54) is 0 Å². The number of furan rings is 1. The normalized spacial score (nSPS) is 11.0. The van der Waals surface area contributed by atoms with Gasteiger partial charge in [-0.3, -0.25) is 19.4 Å². The van der Waals surface area contributed by atoms with Gasteiger partial charge in [0, 0.05) is 12.7 Å². The van der Waals surface area contributed by atoms with E-state index in [2.05, 4.69) is 10.4 Å². The third-order valence-corrected chi connectivity index (χ3v) is 3.42. The molecule has 6 nitrogen and oxygen atoms in total. The van der Waals surface area contributed by atoms with Crippen molar-refractivity contribution in [1.82, 2.24) is 9.78 Å². The van der Waals surface area contributed by atoms with Crippen LogP contribution in [0, 0.1) is 13.8 Å². The van der Waals surface area contributed by atoms with Crippen molar-refractivity contribution in [2.24, 2.45) is 7.05 Å². The Morgan fingerprint density at radius 2 is 2.05 bits per heavy atom. The highest BCUT2D eigenvalue weighted by atomic mass is 16.3. The summed E-state index contributed by atoms with van der Waals surface area (Å²) < 4.78 is 6.99. The molecule has 0 spiro atoms. The number of hydrogen-bond donors (Lipinski definition) is 2. The van der Waals surface area contributed by atoms with Crippen molar-refractivity contribution < 1.29 is 9.21 Å². The first-order chi connectivity index (χ1) is 9.95. The Hall–Kier alpha value is -2.76. The van der Waals surface area contributed by atoms with Gasteiger partial charge in [-0.15, -0.1) is 0 Å². The molecule has 3 rings (SSSR count). The standard InChI is InChI=1S/C15H15N3O3/c1-8-6-11(9(2)21-8)14(19)16-10-4-5-13-12(7-10)15(20)17-18(13)3/h4-7H,1-3H3,(H,16,19)(H,17,20). The number of carbonyl (C=O) groups excluding carboxylic acids is 1. The van der Waals surface area contributed by atoms with Crippen LogP contribution >= 0.6 is 0 Å². The third kappa shape index (κ3) is 2.24.